The third-order valence-corrected chi connectivity index (χ3v) is 2.90. The molecule has 0 atom stereocenters. The van der Waals surface area contributed by atoms with Crippen LogP contribution in [0, 0.1) is 6.92 Å². The number of nitrogens with zero attached hydrogens (tertiary/aromatic N) is 1. The maximum Gasteiger partial charge on any atom is 0.257 e. The molecule has 0 aliphatic heterocycles. The molecule has 2 aromatic rings. The minimum atomic E-state index is -0.244. The molecule has 1 N–H and O–H groups in total. The topological polar surface area (TPSA) is 51.2 Å². The second kappa shape index (κ2) is 5.71. The molecule has 0 spiro atoms. The highest BCUT2D eigenvalue weighted by molar-refractivity contribution is 6.31. The van der Waals surface area contributed by atoms with Crippen LogP contribution in [0.3, 0.4) is 0 Å². The molecule has 1 aromatic carbocycles. The Kier molecular flexibility index (Phi) is 4.02. The van der Waals surface area contributed by atoms with Crippen molar-refractivity contribution >= 4 is 23.2 Å². The van der Waals surface area contributed by atoms with Crippen LogP contribution >= 0.6 is 11.6 Å². The monoisotopic (exact) mass is 276 g/mol. The number of halogens is 1. The second-order valence-electron chi connectivity index (χ2n) is 3.94. The van der Waals surface area contributed by atoms with Gasteiger partial charge in [-0.25, -0.2) is 0 Å². The maximum absolute atomic E-state index is 12.2. The van der Waals surface area contributed by atoms with Gasteiger partial charge in [-0.1, -0.05) is 11.6 Å². The van der Waals surface area contributed by atoms with Gasteiger partial charge in [-0.2, -0.15) is 0 Å². The molecule has 2 rings (SSSR count). The summed E-state index contributed by atoms with van der Waals surface area (Å²) in [6.07, 6.45) is 1.64. The van der Waals surface area contributed by atoms with Crippen molar-refractivity contribution in [2.45, 2.75) is 6.92 Å². The van der Waals surface area contributed by atoms with Crippen molar-refractivity contribution in [3.63, 3.8) is 0 Å². The lowest BCUT2D eigenvalue weighted by molar-refractivity contribution is 0.102. The van der Waals surface area contributed by atoms with Crippen LogP contribution in [0.5, 0.6) is 5.75 Å². The van der Waals surface area contributed by atoms with Crippen molar-refractivity contribution in [3.8, 4) is 5.75 Å². The van der Waals surface area contributed by atoms with Gasteiger partial charge in [0.15, 0.2) is 0 Å². The fraction of sp³-hybridized carbons (Fsp3) is 0.143. The van der Waals surface area contributed by atoms with E-state index in [-0.39, 0.29) is 5.91 Å². The summed E-state index contributed by atoms with van der Waals surface area (Å²) in [6.45, 7) is 1.78. The molecule has 0 bridgehead atoms. The number of carbonyl (C=O) groups is 1. The Hall–Kier alpha value is -2.07. The molecule has 0 unspecified atom stereocenters. The molecular weight excluding hydrogens is 264 g/mol. The van der Waals surface area contributed by atoms with Gasteiger partial charge in [0.25, 0.3) is 5.91 Å². The molecule has 0 radical (unpaired) electrons. The number of pyridine rings is 1. The van der Waals surface area contributed by atoms with E-state index >= 15 is 0 Å². The number of aromatic nitrogens is 1. The number of methoxy groups -OCH3 is 1. The Morgan fingerprint density at radius 2 is 2.16 bits per heavy atom. The quantitative estimate of drug-likeness (QED) is 0.936. The summed E-state index contributed by atoms with van der Waals surface area (Å²) in [5, 5.41) is 3.30. The van der Waals surface area contributed by atoms with Crippen molar-refractivity contribution in [2.75, 3.05) is 12.4 Å². The van der Waals surface area contributed by atoms with Gasteiger partial charge in [0.05, 0.1) is 18.4 Å². The van der Waals surface area contributed by atoms with E-state index < -0.39 is 0 Å². The van der Waals surface area contributed by atoms with Crippen molar-refractivity contribution in [1.29, 1.82) is 0 Å². The minimum Gasteiger partial charge on any atom is -0.495 e. The van der Waals surface area contributed by atoms with Gasteiger partial charge in [-0.15, -0.1) is 0 Å². The maximum atomic E-state index is 12.2. The number of hydrogen-bond donors (Lipinski definition) is 1. The Morgan fingerprint density at radius 3 is 2.84 bits per heavy atom. The van der Waals surface area contributed by atoms with Crippen LogP contribution < -0.4 is 10.1 Å². The van der Waals surface area contributed by atoms with Crippen LogP contribution in [0.25, 0.3) is 0 Å². The SMILES string of the molecule is COc1ccc(Cl)cc1NC(=O)c1cccnc1C. The summed E-state index contributed by atoms with van der Waals surface area (Å²) in [5.41, 5.74) is 1.72. The van der Waals surface area contributed by atoms with Crippen LogP contribution in [0.1, 0.15) is 16.1 Å². The van der Waals surface area contributed by atoms with Gasteiger partial charge >= 0.3 is 0 Å². The fourth-order valence-corrected chi connectivity index (χ4v) is 1.86. The van der Waals surface area contributed by atoms with Crippen molar-refractivity contribution in [1.82, 2.24) is 4.98 Å². The first kappa shape index (κ1) is 13.4. The van der Waals surface area contributed by atoms with E-state index in [4.69, 9.17) is 16.3 Å². The van der Waals surface area contributed by atoms with E-state index in [1.807, 2.05) is 0 Å². The van der Waals surface area contributed by atoms with Gasteiger partial charge in [0, 0.05) is 16.9 Å². The van der Waals surface area contributed by atoms with Gasteiger partial charge < -0.3 is 10.1 Å². The minimum absolute atomic E-state index is 0.244. The zero-order valence-electron chi connectivity index (χ0n) is 10.6. The number of anilines is 1. The van der Waals surface area contributed by atoms with E-state index in [2.05, 4.69) is 10.3 Å². The van der Waals surface area contributed by atoms with E-state index in [1.54, 1.807) is 43.5 Å². The van der Waals surface area contributed by atoms with Crippen LogP contribution in [0.4, 0.5) is 5.69 Å². The molecule has 4 nitrogen and oxygen atoms in total. The van der Waals surface area contributed by atoms with Crippen molar-refractivity contribution in [3.05, 3.63) is 52.8 Å². The summed E-state index contributed by atoms with van der Waals surface area (Å²) in [4.78, 5) is 16.2. The molecule has 0 saturated heterocycles. The summed E-state index contributed by atoms with van der Waals surface area (Å²) < 4.78 is 5.18. The molecule has 0 saturated carbocycles. The zero-order chi connectivity index (χ0) is 13.8. The van der Waals surface area contributed by atoms with Crippen LogP contribution in [-0.4, -0.2) is 18.0 Å². The number of rotatable bonds is 3. The van der Waals surface area contributed by atoms with Crippen LogP contribution in [-0.2, 0) is 0 Å². The number of amides is 1. The van der Waals surface area contributed by atoms with E-state index in [1.165, 1.54) is 7.11 Å². The first-order valence-corrected chi connectivity index (χ1v) is 6.06. The molecule has 1 heterocycles. The fourth-order valence-electron chi connectivity index (χ4n) is 1.69. The van der Waals surface area contributed by atoms with E-state index in [0.717, 1.165) is 0 Å². The number of ether oxygens (including phenoxy) is 1. The smallest absolute Gasteiger partial charge is 0.257 e. The Bertz CT molecular complexity index is 614. The first-order valence-electron chi connectivity index (χ1n) is 5.68. The number of nitrogens with one attached hydrogen (secondary N) is 1. The first-order chi connectivity index (χ1) is 9.11. The third kappa shape index (κ3) is 3.03. The zero-order valence-corrected chi connectivity index (χ0v) is 11.4. The van der Waals surface area contributed by atoms with E-state index in [9.17, 15) is 4.79 Å². The molecule has 0 fully saturated rings. The Balaban J connectivity index is 2.29. The summed E-state index contributed by atoms with van der Waals surface area (Å²) in [5.74, 6) is 0.311. The molecule has 19 heavy (non-hydrogen) atoms. The van der Waals surface area contributed by atoms with Crippen LogP contribution in [0.15, 0.2) is 36.5 Å². The summed E-state index contributed by atoms with van der Waals surface area (Å²) >= 11 is 5.92. The molecule has 1 amide bonds. The largest absolute Gasteiger partial charge is 0.495 e. The number of hydrogen-bond acceptors (Lipinski definition) is 3. The third-order valence-electron chi connectivity index (χ3n) is 2.66. The highest BCUT2D eigenvalue weighted by Crippen LogP contribution is 2.28. The second-order valence-corrected chi connectivity index (χ2v) is 4.37. The lowest BCUT2D eigenvalue weighted by Crippen LogP contribution is -2.14. The summed E-state index contributed by atoms with van der Waals surface area (Å²) in [6, 6.07) is 8.48. The lowest BCUT2D eigenvalue weighted by Gasteiger charge is -2.11. The molecule has 0 aliphatic rings. The average molecular weight is 277 g/mol. The predicted molar refractivity (Wildman–Crippen MR) is 74.9 cm³/mol. The molecule has 5 heteroatoms. The molecule has 98 valence electrons. The lowest BCUT2D eigenvalue weighted by atomic mass is 10.2. The van der Waals surface area contributed by atoms with E-state index in [0.29, 0.717) is 27.7 Å². The standard InChI is InChI=1S/C14H13ClN2O2/c1-9-11(4-3-7-16-9)14(18)17-12-8-10(15)5-6-13(12)19-2/h3-8H,1-2H3,(H,17,18). The number of aryl methyl sites for hydroxylation is 1. The van der Waals surface area contributed by atoms with Gasteiger partial charge in [-0.3, -0.25) is 9.78 Å². The number of benzene rings is 1. The van der Waals surface area contributed by atoms with Crippen LogP contribution in [0.2, 0.25) is 5.02 Å². The highest BCUT2D eigenvalue weighted by Gasteiger charge is 2.12. The Labute approximate surface area is 116 Å². The molecule has 0 aliphatic carbocycles. The average Bonchev–Trinajstić information content (AvgIpc) is 2.39. The van der Waals surface area contributed by atoms with Crippen molar-refractivity contribution in [2.24, 2.45) is 0 Å². The summed E-state index contributed by atoms with van der Waals surface area (Å²) in [7, 11) is 1.54. The van der Waals surface area contributed by atoms with Crippen molar-refractivity contribution < 1.29 is 9.53 Å². The molecule has 1 aromatic heterocycles. The highest BCUT2D eigenvalue weighted by atomic mass is 35.5. The molecular formula is C14H13ClN2O2. The van der Waals surface area contributed by atoms with Gasteiger partial charge in [0.1, 0.15) is 5.75 Å². The number of carbonyl (C=O) groups excluding carboxylic acids is 1. The predicted octanol–water partition coefficient (Wildman–Crippen LogP) is 3.30. The van der Waals surface area contributed by atoms with Gasteiger partial charge in [-0.05, 0) is 37.3 Å². The van der Waals surface area contributed by atoms with Gasteiger partial charge in [0.2, 0.25) is 0 Å². The normalized spacial score (nSPS) is 10.1. The Morgan fingerprint density at radius 1 is 1.37 bits per heavy atom.